The molecule has 0 spiro atoms. The number of nitrogens with one attached hydrogen (secondary N) is 1. The lowest BCUT2D eigenvalue weighted by atomic mass is 10.1. The van der Waals surface area contributed by atoms with Crippen molar-refractivity contribution >= 4 is 41.5 Å². The van der Waals surface area contributed by atoms with Gasteiger partial charge in [0.05, 0.1) is 5.69 Å². The van der Waals surface area contributed by atoms with E-state index in [4.69, 9.17) is 4.98 Å². The van der Waals surface area contributed by atoms with E-state index in [-0.39, 0.29) is 0 Å². The number of anilines is 3. The summed E-state index contributed by atoms with van der Waals surface area (Å²) in [7, 11) is -1.77. The SMILES string of the molecule is Cc1cc(-c2cccc(N(c3ccccc3)c3cccc([SiH](c4ccccc4)c4ccccn4)c3)c2)n[nH]1. The van der Waals surface area contributed by atoms with Crippen LogP contribution in [0.4, 0.5) is 17.1 Å². The van der Waals surface area contributed by atoms with Crippen LogP contribution in [0, 0.1) is 6.92 Å². The quantitative estimate of drug-likeness (QED) is 0.290. The van der Waals surface area contributed by atoms with Gasteiger partial charge in [-0.1, -0.05) is 84.0 Å². The van der Waals surface area contributed by atoms with Gasteiger partial charge in [0.1, 0.15) is 0 Å². The highest BCUT2D eigenvalue weighted by molar-refractivity contribution is 6.95. The average Bonchev–Trinajstić information content (AvgIpc) is 3.42. The molecule has 0 aliphatic rings. The van der Waals surface area contributed by atoms with Crippen LogP contribution in [0.2, 0.25) is 0 Å². The molecule has 0 aliphatic carbocycles. The standard InChI is InChI=1S/C33H28N4Si/c1-25-22-32(36-35-25)26-12-10-15-28(23-26)37(27-13-4-2-5-14-27)29-16-11-19-31(24-29)38(30-17-6-3-7-18-30)33-20-8-9-21-34-33/h2-24,38H,1H3,(H,35,36). The summed E-state index contributed by atoms with van der Waals surface area (Å²) in [6.45, 7) is 2.02. The van der Waals surface area contributed by atoms with E-state index in [1.54, 1.807) is 0 Å². The number of nitrogens with zero attached hydrogens (tertiary/aromatic N) is 3. The van der Waals surface area contributed by atoms with E-state index in [0.29, 0.717) is 0 Å². The molecule has 0 saturated heterocycles. The number of hydrogen-bond acceptors (Lipinski definition) is 3. The molecule has 0 radical (unpaired) electrons. The molecule has 5 heteroatoms. The predicted octanol–water partition coefficient (Wildman–Crippen LogP) is 5.50. The average molecular weight is 509 g/mol. The Morgan fingerprint density at radius 3 is 1.97 bits per heavy atom. The molecule has 4 aromatic carbocycles. The summed E-state index contributed by atoms with van der Waals surface area (Å²) in [5.41, 5.74) is 6.38. The van der Waals surface area contributed by atoms with Crippen molar-refractivity contribution < 1.29 is 0 Å². The third-order valence-electron chi connectivity index (χ3n) is 6.70. The van der Waals surface area contributed by atoms with E-state index >= 15 is 0 Å². The van der Waals surface area contributed by atoms with Gasteiger partial charge in [0.2, 0.25) is 0 Å². The van der Waals surface area contributed by atoms with Crippen LogP contribution in [-0.4, -0.2) is 24.0 Å². The first-order chi connectivity index (χ1) is 18.8. The Morgan fingerprint density at radius 2 is 1.26 bits per heavy atom. The summed E-state index contributed by atoms with van der Waals surface area (Å²) >= 11 is 0. The van der Waals surface area contributed by atoms with Gasteiger partial charge >= 0.3 is 0 Å². The fraction of sp³-hybridized carbons (Fsp3) is 0.0303. The van der Waals surface area contributed by atoms with E-state index in [0.717, 1.165) is 39.3 Å². The fourth-order valence-electron chi connectivity index (χ4n) is 4.96. The molecule has 184 valence electrons. The number of aryl methyl sites for hydroxylation is 1. The number of hydrogen-bond donors (Lipinski definition) is 1. The molecule has 0 saturated carbocycles. The smallest absolute Gasteiger partial charge is 0.155 e. The number of aromatic amines is 1. The molecule has 2 heterocycles. The number of H-pyrrole nitrogens is 1. The van der Waals surface area contributed by atoms with Gasteiger partial charge in [-0.05, 0) is 66.7 Å². The molecule has 6 aromatic rings. The highest BCUT2D eigenvalue weighted by Crippen LogP contribution is 2.35. The Bertz CT molecular complexity index is 1590. The highest BCUT2D eigenvalue weighted by atomic mass is 28.3. The maximum Gasteiger partial charge on any atom is 0.155 e. The molecule has 1 unspecified atom stereocenters. The van der Waals surface area contributed by atoms with Crippen LogP contribution in [0.15, 0.2) is 140 Å². The maximum atomic E-state index is 4.81. The van der Waals surface area contributed by atoms with Crippen LogP contribution in [0.5, 0.6) is 0 Å². The van der Waals surface area contributed by atoms with Gasteiger partial charge in [0.25, 0.3) is 0 Å². The molecular formula is C33H28N4Si. The fourth-order valence-corrected chi connectivity index (χ4v) is 7.82. The van der Waals surface area contributed by atoms with Gasteiger partial charge < -0.3 is 4.90 Å². The maximum absolute atomic E-state index is 4.81. The Hall–Kier alpha value is -4.74. The van der Waals surface area contributed by atoms with Crippen molar-refractivity contribution in [3.63, 3.8) is 0 Å². The number of aromatic nitrogens is 3. The summed E-state index contributed by atoms with van der Waals surface area (Å²) in [6, 6.07) is 47.2. The molecule has 1 atom stereocenters. The first kappa shape index (κ1) is 23.6. The zero-order valence-corrected chi connectivity index (χ0v) is 22.4. The Kier molecular flexibility index (Phi) is 6.66. The lowest BCUT2D eigenvalue weighted by Gasteiger charge is -2.27. The van der Waals surface area contributed by atoms with Crippen molar-refractivity contribution in [2.45, 2.75) is 6.92 Å². The minimum absolute atomic E-state index is 0.942. The van der Waals surface area contributed by atoms with E-state index in [9.17, 15) is 0 Å². The second-order valence-corrected chi connectivity index (χ2v) is 12.1. The summed E-state index contributed by atoms with van der Waals surface area (Å²) in [6.07, 6.45) is 1.90. The summed E-state index contributed by atoms with van der Waals surface area (Å²) in [5.74, 6) is 0. The Labute approximate surface area is 224 Å². The third-order valence-corrected chi connectivity index (χ3v) is 9.71. The minimum Gasteiger partial charge on any atom is -0.310 e. The van der Waals surface area contributed by atoms with Gasteiger partial charge in [-0.3, -0.25) is 10.1 Å². The van der Waals surface area contributed by atoms with E-state index in [1.807, 2.05) is 19.2 Å². The van der Waals surface area contributed by atoms with Gasteiger partial charge in [0.15, 0.2) is 8.80 Å². The first-order valence-electron chi connectivity index (χ1n) is 12.8. The molecule has 0 amide bonds. The van der Waals surface area contributed by atoms with E-state index < -0.39 is 8.80 Å². The zero-order valence-electron chi connectivity index (χ0n) is 21.2. The predicted molar refractivity (Wildman–Crippen MR) is 160 cm³/mol. The number of pyridine rings is 1. The third kappa shape index (κ3) is 4.92. The van der Waals surface area contributed by atoms with Crippen LogP contribution in [-0.2, 0) is 0 Å². The number of rotatable bonds is 7. The van der Waals surface area contributed by atoms with Crippen LogP contribution in [0.1, 0.15) is 5.69 Å². The lowest BCUT2D eigenvalue weighted by molar-refractivity contribution is 1.05. The normalized spacial score (nSPS) is 11.7. The summed E-state index contributed by atoms with van der Waals surface area (Å²) < 4.78 is 0. The molecule has 0 bridgehead atoms. The first-order valence-corrected chi connectivity index (χ1v) is 14.5. The van der Waals surface area contributed by atoms with Crippen LogP contribution >= 0.6 is 0 Å². The minimum atomic E-state index is -1.77. The second kappa shape index (κ2) is 10.7. The highest BCUT2D eigenvalue weighted by Gasteiger charge is 2.22. The lowest BCUT2D eigenvalue weighted by Crippen LogP contribution is -2.53. The number of para-hydroxylation sites is 1. The van der Waals surface area contributed by atoms with Crippen LogP contribution < -0.4 is 20.6 Å². The van der Waals surface area contributed by atoms with Crippen LogP contribution in [0.25, 0.3) is 11.3 Å². The summed E-state index contributed by atoms with van der Waals surface area (Å²) in [5, 5.41) is 11.4. The van der Waals surface area contributed by atoms with E-state index in [1.165, 1.54) is 10.4 Å². The van der Waals surface area contributed by atoms with Crippen molar-refractivity contribution in [3.8, 4) is 11.3 Å². The summed E-state index contributed by atoms with van der Waals surface area (Å²) in [4.78, 5) is 7.13. The topological polar surface area (TPSA) is 44.8 Å². The zero-order chi connectivity index (χ0) is 25.7. The van der Waals surface area contributed by atoms with Gasteiger partial charge in [-0.2, -0.15) is 5.10 Å². The van der Waals surface area contributed by atoms with Crippen LogP contribution in [0.3, 0.4) is 0 Å². The van der Waals surface area contributed by atoms with Crippen molar-refractivity contribution in [1.29, 1.82) is 0 Å². The molecule has 0 fully saturated rings. The van der Waals surface area contributed by atoms with Gasteiger partial charge in [-0.15, -0.1) is 0 Å². The molecule has 6 rings (SSSR count). The molecule has 0 aliphatic heterocycles. The molecule has 38 heavy (non-hydrogen) atoms. The molecular weight excluding hydrogens is 480 g/mol. The van der Waals surface area contributed by atoms with Crippen molar-refractivity contribution in [1.82, 2.24) is 15.2 Å². The molecule has 2 aromatic heterocycles. The van der Waals surface area contributed by atoms with Gasteiger partial charge in [0, 0.05) is 39.8 Å². The van der Waals surface area contributed by atoms with Gasteiger partial charge in [-0.25, -0.2) is 0 Å². The van der Waals surface area contributed by atoms with Crippen molar-refractivity contribution in [3.05, 3.63) is 145 Å². The molecule has 1 N–H and O–H groups in total. The second-order valence-electron chi connectivity index (χ2n) is 9.35. The van der Waals surface area contributed by atoms with Crippen molar-refractivity contribution in [2.24, 2.45) is 0 Å². The monoisotopic (exact) mass is 508 g/mol. The Morgan fingerprint density at radius 1 is 0.605 bits per heavy atom. The number of benzene rings is 4. The molecule has 4 nitrogen and oxygen atoms in total. The van der Waals surface area contributed by atoms with E-state index in [2.05, 4.69) is 142 Å². The largest absolute Gasteiger partial charge is 0.310 e. The Balaban J connectivity index is 1.49. The van der Waals surface area contributed by atoms with Crippen molar-refractivity contribution in [2.75, 3.05) is 4.90 Å².